The predicted octanol–water partition coefficient (Wildman–Crippen LogP) is 1.94. The Labute approximate surface area is 130 Å². The average Bonchev–Trinajstić information content (AvgIpc) is 2.73. The first-order chi connectivity index (χ1) is 10.1. The van der Waals surface area contributed by atoms with Gasteiger partial charge in [0.25, 0.3) is 0 Å². The van der Waals surface area contributed by atoms with Crippen molar-refractivity contribution in [3.05, 3.63) is 23.8 Å². The maximum Gasteiger partial charge on any atom is 0.331 e. The van der Waals surface area contributed by atoms with Crippen LogP contribution in [-0.2, 0) is 28.6 Å². The van der Waals surface area contributed by atoms with Crippen molar-refractivity contribution in [3.63, 3.8) is 0 Å². The van der Waals surface area contributed by atoms with Crippen molar-refractivity contribution in [3.8, 4) is 0 Å². The van der Waals surface area contributed by atoms with E-state index in [0.717, 1.165) is 0 Å². The lowest BCUT2D eigenvalue weighted by atomic mass is 9.86. The summed E-state index contributed by atoms with van der Waals surface area (Å²) in [5.74, 6) is -1.95. The molecule has 0 spiro atoms. The maximum absolute atomic E-state index is 12.0. The first kappa shape index (κ1) is 17.9. The molecule has 6 nitrogen and oxygen atoms in total. The van der Waals surface area contributed by atoms with Gasteiger partial charge in [0.1, 0.15) is 5.60 Å². The Bertz CT molecular complexity index is 519. The highest BCUT2D eigenvalue weighted by atomic mass is 16.6. The average molecular weight is 310 g/mol. The van der Waals surface area contributed by atoms with Crippen LogP contribution in [-0.4, -0.2) is 37.7 Å². The largest absolute Gasteiger partial charge is 0.468 e. The van der Waals surface area contributed by atoms with Crippen molar-refractivity contribution in [1.82, 2.24) is 0 Å². The van der Waals surface area contributed by atoms with E-state index in [0.29, 0.717) is 11.1 Å². The zero-order chi connectivity index (χ0) is 17.1. The molecule has 0 amide bonds. The van der Waals surface area contributed by atoms with Gasteiger partial charge in [0.05, 0.1) is 14.2 Å². The topological polar surface area (TPSA) is 78.9 Å². The molecule has 0 aromatic rings. The summed E-state index contributed by atoms with van der Waals surface area (Å²) in [5.41, 5.74) is -1.10. The highest BCUT2D eigenvalue weighted by molar-refractivity contribution is 6.02. The van der Waals surface area contributed by atoms with Crippen molar-refractivity contribution in [2.45, 2.75) is 39.2 Å². The van der Waals surface area contributed by atoms with Crippen molar-refractivity contribution >= 4 is 17.9 Å². The molecule has 0 N–H and O–H groups in total. The van der Waals surface area contributed by atoms with Gasteiger partial charge in [-0.25, -0.2) is 4.79 Å². The lowest BCUT2D eigenvalue weighted by Gasteiger charge is -2.21. The standard InChI is InChI=1S/C16H22O6/c1-10-8-16(13(18)20-5,14(19)21-6)9-11(10)7-12(17)22-15(2,3)4/h7H,1,8-9H2,2-6H3/b11-7-. The van der Waals surface area contributed by atoms with E-state index in [1.165, 1.54) is 20.3 Å². The third-order valence-corrected chi connectivity index (χ3v) is 3.31. The molecule has 1 saturated carbocycles. The molecule has 1 aliphatic rings. The van der Waals surface area contributed by atoms with Gasteiger partial charge in [-0.3, -0.25) is 9.59 Å². The second-order valence-electron chi connectivity index (χ2n) is 6.23. The van der Waals surface area contributed by atoms with Crippen molar-refractivity contribution < 1.29 is 28.6 Å². The van der Waals surface area contributed by atoms with Gasteiger partial charge in [-0.15, -0.1) is 0 Å². The SMILES string of the molecule is C=C1CC(C(=O)OC)(C(=O)OC)C/C1=C/C(=O)OC(C)(C)C. The molecule has 0 unspecified atom stereocenters. The molecule has 0 heterocycles. The summed E-state index contributed by atoms with van der Waals surface area (Å²) >= 11 is 0. The van der Waals surface area contributed by atoms with Gasteiger partial charge in [0, 0.05) is 12.5 Å². The number of rotatable bonds is 3. The molecule has 6 heteroatoms. The van der Waals surface area contributed by atoms with E-state index < -0.39 is 28.9 Å². The van der Waals surface area contributed by atoms with Gasteiger partial charge in [0.15, 0.2) is 5.41 Å². The molecule has 0 radical (unpaired) electrons. The fourth-order valence-electron chi connectivity index (χ4n) is 2.38. The molecule has 1 fully saturated rings. The van der Waals surface area contributed by atoms with Crippen LogP contribution in [0.25, 0.3) is 0 Å². The van der Waals surface area contributed by atoms with E-state index in [2.05, 4.69) is 6.58 Å². The molecule has 0 saturated heterocycles. The van der Waals surface area contributed by atoms with Crippen LogP contribution in [0.4, 0.5) is 0 Å². The number of carbonyl (C=O) groups excluding carboxylic acids is 3. The first-order valence-corrected chi connectivity index (χ1v) is 6.84. The summed E-state index contributed by atoms with van der Waals surface area (Å²) < 4.78 is 14.6. The van der Waals surface area contributed by atoms with Crippen LogP contribution in [0.2, 0.25) is 0 Å². The fourth-order valence-corrected chi connectivity index (χ4v) is 2.38. The molecular formula is C16H22O6. The minimum Gasteiger partial charge on any atom is -0.468 e. The monoisotopic (exact) mass is 310 g/mol. The lowest BCUT2D eigenvalue weighted by Crippen LogP contribution is -2.38. The van der Waals surface area contributed by atoms with E-state index in [1.807, 2.05) is 0 Å². The van der Waals surface area contributed by atoms with Crippen molar-refractivity contribution in [1.29, 1.82) is 0 Å². The van der Waals surface area contributed by atoms with Crippen molar-refractivity contribution in [2.24, 2.45) is 5.41 Å². The number of esters is 3. The minimum atomic E-state index is -1.48. The number of allylic oxidation sites excluding steroid dienone is 2. The zero-order valence-electron chi connectivity index (χ0n) is 13.6. The normalized spacial score (nSPS) is 19.0. The number of ether oxygens (including phenoxy) is 3. The van der Waals surface area contributed by atoms with Gasteiger partial charge in [-0.05, 0) is 38.3 Å². The van der Waals surface area contributed by atoms with Crippen LogP contribution >= 0.6 is 0 Å². The zero-order valence-corrected chi connectivity index (χ0v) is 13.6. The molecule has 0 bridgehead atoms. The summed E-state index contributed by atoms with van der Waals surface area (Å²) in [4.78, 5) is 35.9. The van der Waals surface area contributed by atoms with Crippen LogP contribution in [0.1, 0.15) is 33.6 Å². The van der Waals surface area contributed by atoms with E-state index in [4.69, 9.17) is 14.2 Å². The highest BCUT2D eigenvalue weighted by Crippen LogP contribution is 2.46. The number of carbonyl (C=O) groups is 3. The molecule has 1 aliphatic carbocycles. The number of hydrogen-bond donors (Lipinski definition) is 0. The number of hydrogen-bond acceptors (Lipinski definition) is 6. The minimum absolute atomic E-state index is 0.00439. The van der Waals surface area contributed by atoms with Gasteiger partial charge in [0.2, 0.25) is 0 Å². The van der Waals surface area contributed by atoms with E-state index in [-0.39, 0.29) is 12.8 Å². The molecular weight excluding hydrogens is 288 g/mol. The Kier molecular flexibility index (Phi) is 5.17. The Balaban J connectivity index is 3.08. The van der Waals surface area contributed by atoms with Crippen LogP contribution in [0.3, 0.4) is 0 Å². The van der Waals surface area contributed by atoms with Crippen LogP contribution < -0.4 is 0 Å². The molecule has 22 heavy (non-hydrogen) atoms. The van der Waals surface area contributed by atoms with Gasteiger partial charge in [-0.2, -0.15) is 0 Å². The van der Waals surface area contributed by atoms with Crippen molar-refractivity contribution in [2.75, 3.05) is 14.2 Å². The summed E-state index contributed by atoms with van der Waals surface area (Å²) in [6, 6.07) is 0. The molecule has 0 aromatic heterocycles. The molecule has 0 aromatic carbocycles. The summed E-state index contributed by atoms with van der Waals surface area (Å²) in [6.45, 7) is 9.07. The van der Waals surface area contributed by atoms with Gasteiger partial charge < -0.3 is 14.2 Å². The third-order valence-electron chi connectivity index (χ3n) is 3.31. The fraction of sp³-hybridized carbons (Fsp3) is 0.562. The third kappa shape index (κ3) is 3.75. The van der Waals surface area contributed by atoms with Gasteiger partial charge in [-0.1, -0.05) is 6.58 Å². The van der Waals surface area contributed by atoms with E-state index in [9.17, 15) is 14.4 Å². The molecule has 0 aliphatic heterocycles. The summed E-state index contributed by atoms with van der Waals surface area (Å²) in [6.07, 6.45) is 1.33. The van der Waals surface area contributed by atoms with Crippen LogP contribution in [0.5, 0.6) is 0 Å². The lowest BCUT2D eigenvalue weighted by molar-refractivity contribution is -0.168. The second-order valence-corrected chi connectivity index (χ2v) is 6.23. The predicted molar refractivity (Wildman–Crippen MR) is 78.8 cm³/mol. The molecule has 1 rings (SSSR count). The second kappa shape index (κ2) is 6.34. The molecule has 0 atom stereocenters. The molecule has 122 valence electrons. The Morgan fingerprint density at radius 1 is 1.09 bits per heavy atom. The van der Waals surface area contributed by atoms with Crippen LogP contribution in [0.15, 0.2) is 23.8 Å². The maximum atomic E-state index is 12.0. The Hall–Kier alpha value is -2.11. The Morgan fingerprint density at radius 2 is 1.59 bits per heavy atom. The van der Waals surface area contributed by atoms with Crippen LogP contribution in [0, 0.1) is 5.41 Å². The first-order valence-electron chi connectivity index (χ1n) is 6.84. The summed E-state index contributed by atoms with van der Waals surface area (Å²) in [7, 11) is 2.40. The Morgan fingerprint density at radius 3 is 2.00 bits per heavy atom. The smallest absolute Gasteiger partial charge is 0.331 e. The van der Waals surface area contributed by atoms with E-state index >= 15 is 0 Å². The van der Waals surface area contributed by atoms with E-state index in [1.54, 1.807) is 20.8 Å². The quantitative estimate of drug-likeness (QED) is 0.343. The summed E-state index contributed by atoms with van der Waals surface area (Å²) in [5, 5.41) is 0. The van der Waals surface area contributed by atoms with Gasteiger partial charge >= 0.3 is 17.9 Å². The highest BCUT2D eigenvalue weighted by Gasteiger charge is 2.53. The number of methoxy groups -OCH3 is 2.